The Kier molecular flexibility index (Phi) is 7.27. The summed E-state index contributed by atoms with van der Waals surface area (Å²) in [6.07, 6.45) is -0.882. The molecule has 3 aromatic carbocycles. The lowest BCUT2D eigenvalue weighted by molar-refractivity contribution is -0.138. The van der Waals surface area contributed by atoms with Gasteiger partial charge in [0.15, 0.2) is 0 Å². The van der Waals surface area contributed by atoms with Crippen molar-refractivity contribution in [3.8, 4) is 0 Å². The Balaban J connectivity index is 1.18. The van der Waals surface area contributed by atoms with Crippen LogP contribution < -0.4 is 4.72 Å². The molecule has 0 spiro atoms. The number of aromatic nitrogens is 2. The summed E-state index contributed by atoms with van der Waals surface area (Å²) in [5.74, 6) is -0.175. The minimum absolute atomic E-state index is 0.0683. The van der Waals surface area contributed by atoms with Gasteiger partial charge < -0.3 is 14.7 Å². The molecule has 1 aliphatic rings. The molecule has 1 aliphatic heterocycles. The van der Waals surface area contributed by atoms with Gasteiger partial charge in [0, 0.05) is 43.2 Å². The lowest BCUT2D eigenvalue weighted by Gasteiger charge is -2.38. The zero-order valence-electron chi connectivity index (χ0n) is 20.3. The standard InChI is InChI=1S/C28H25F3N4O2S/c29-28(30,31)22-5-2-1-4-20(22)18-27(37)12-16-35(17-13-27)26(36)19-8-10-21(11-9-19)34-38-24-7-3-6-23-25(24)33-15-14-32-23/h1-11,14-15,34,37H,12-13,16-18H2. The molecule has 10 heteroatoms. The van der Waals surface area contributed by atoms with E-state index >= 15 is 0 Å². The molecule has 1 amide bonds. The van der Waals surface area contributed by atoms with E-state index in [4.69, 9.17) is 0 Å². The lowest BCUT2D eigenvalue weighted by atomic mass is 9.83. The average molecular weight is 539 g/mol. The van der Waals surface area contributed by atoms with Crippen LogP contribution in [-0.4, -0.2) is 44.6 Å². The molecule has 196 valence electrons. The van der Waals surface area contributed by atoms with Crippen molar-refractivity contribution in [2.75, 3.05) is 17.8 Å². The van der Waals surface area contributed by atoms with Crippen LogP contribution in [0.1, 0.15) is 34.3 Å². The van der Waals surface area contributed by atoms with Crippen molar-refractivity contribution in [1.82, 2.24) is 14.9 Å². The number of fused-ring (bicyclic) bond motifs is 1. The molecule has 1 fully saturated rings. The number of alkyl halides is 3. The number of rotatable bonds is 6. The number of amides is 1. The average Bonchev–Trinajstić information content (AvgIpc) is 2.92. The molecule has 6 nitrogen and oxygen atoms in total. The SMILES string of the molecule is O=C(c1ccc(NSc2cccc3nccnc23)cc1)N1CCC(O)(Cc2ccccc2C(F)(F)F)CC1. The number of para-hydroxylation sites is 1. The summed E-state index contributed by atoms with van der Waals surface area (Å²) in [7, 11) is 0. The van der Waals surface area contributed by atoms with Gasteiger partial charge in [-0.2, -0.15) is 13.2 Å². The van der Waals surface area contributed by atoms with Crippen LogP contribution in [0.4, 0.5) is 18.9 Å². The number of carbonyl (C=O) groups is 1. The number of halogens is 3. The number of benzene rings is 3. The largest absolute Gasteiger partial charge is 0.416 e. The van der Waals surface area contributed by atoms with Crippen LogP contribution in [-0.2, 0) is 12.6 Å². The van der Waals surface area contributed by atoms with Gasteiger partial charge in [-0.25, -0.2) is 0 Å². The van der Waals surface area contributed by atoms with Gasteiger partial charge in [0.1, 0.15) is 5.52 Å². The van der Waals surface area contributed by atoms with Crippen molar-refractivity contribution in [2.45, 2.75) is 35.9 Å². The summed E-state index contributed by atoms with van der Waals surface area (Å²) in [4.78, 5) is 24.3. The van der Waals surface area contributed by atoms with Crippen LogP contribution in [0.15, 0.2) is 84.0 Å². The Hall–Kier alpha value is -3.63. The van der Waals surface area contributed by atoms with E-state index in [-0.39, 0.29) is 43.8 Å². The van der Waals surface area contributed by atoms with E-state index < -0.39 is 17.3 Å². The van der Waals surface area contributed by atoms with Crippen molar-refractivity contribution in [1.29, 1.82) is 0 Å². The van der Waals surface area contributed by atoms with E-state index in [9.17, 15) is 23.1 Å². The number of aliphatic hydroxyl groups is 1. The first-order valence-electron chi connectivity index (χ1n) is 12.1. The van der Waals surface area contributed by atoms with Gasteiger partial charge in [-0.1, -0.05) is 24.3 Å². The summed E-state index contributed by atoms with van der Waals surface area (Å²) >= 11 is 1.40. The van der Waals surface area contributed by atoms with E-state index in [2.05, 4.69) is 14.7 Å². The summed E-state index contributed by atoms with van der Waals surface area (Å²) in [5.41, 5.74) is 0.957. The molecular formula is C28H25F3N4O2S. The van der Waals surface area contributed by atoms with Crippen molar-refractivity contribution < 1.29 is 23.1 Å². The second kappa shape index (κ2) is 10.6. The lowest BCUT2D eigenvalue weighted by Crippen LogP contribution is -2.48. The number of carbonyl (C=O) groups excluding carboxylic acids is 1. The van der Waals surface area contributed by atoms with E-state index in [1.165, 1.54) is 24.1 Å². The molecule has 2 heterocycles. The maximum atomic E-state index is 13.4. The van der Waals surface area contributed by atoms with Crippen LogP contribution in [0.2, 0.25) is 0 Å². The zero-order chi connectivity index (χ0) is 26.8. The van der Waals surface area contributed by atoms with Gasteiger partial charge in [-0.05, 0) is 72.8 Å². The predicted molar refractivity (Wildman–Crippen MR) is 141 cm³/mol. The predicted octanol–water partition coefficient (Wildman–Crippen LogP) is 5.98. The van der Waals surface area contributed by atoms with Gasteiger partial charge in [0.2, 0.25) is 0 Å². The summed E-state index contributed by atoms with van der Waals surface area (Å²) in [6.45, 7) is 0.531. The fourth-order valence-electron chi connectivity index (χ4n) is 4.63. The Labute approximate surface area is 222 Å². The van der Waals surface area contributed by atoms with Crippen molar-refractivity contribution in [2.24, 2.45) is 0 Å². The molecule has 5 rings (SSSR count). The number of hydrogen-bond acceptors (Lipinski definition) is 6. The summed E-state index contributed by atoms with van der Waals surface area (Å²) in [5, 5.41) is 11.0. The first-order chi connectivity index (χ1) is 18.2. The van der Waals surface area contributed by atoms with Gasteiger partial charge in [0.25, 0.3) is 5.91 Å². The number of nitrogens with one attached hydrogen (secondary N) is 1. The van der Waals surface area contributed by atoms with Crippen LogP contribution in [0, 0.1) is 0 Å². The second-order valence-electron chi connectivity index (χ2n) is 9.31. The third kappa shape index (κ3) is 5.76. The Bertz CT molecular complexity index is 1430. The highest BCUT2D eigenvalue weighted by molar-refractivity contribution is 8.00. The van der Waals surface area contributed by atoms with Crippen LogP contribution in [0.5, 0.6) is 0 Å². The second-order valence-corrected chi connectivity index (χ2v) is 10.2. The van der Waals surface area contributed by atoms with Gasteiger partial charge in [-0.15, -0.1) is 0 Å². The minimum atomic E-state index is -4.48. The topological polar surface area (TPSA) is 78.4 Å². The van der Waals surface area contributed by atoms with E-state index in [0.717, 1.165) is 27.7 Å². The molecule has 0 aliphatic carbocycles. The van der Waals surface area contributed by atoms with Gasteiger partial charge >= 0.3 is 6.18 Å². The zero-order valence-corrected chi connectivity index (χ0v) is 21.1. The molecule has 1 saturated heterocycles. The van der Waals surface area contributed by atoms with E-state index in [1.807, 2.05) is 30.3 Å². The molecule has 0 atom stereocenters. The van der Waals surface area contributed by atoms with Crippen LogP contribution in [0.25, 0.3) is 11.0 Å². The smallest absolute Gasteiger partial charge is 0.389 e. The Morgan fingerprint density at radius 1 is 0.974 bits per heavy atom. The molecule has 1 aromatic heterocycles. The highest BCUT2D eigenvalue weighted by atomic mass is 32.2. The van der Waals surface area contributed by atoms with Gasteiger partial charge in [-0.3, -0.25) is 14.8 Å². The number of anilines is 1. The van der Waals surface area contributed by atoms with Crippen molar-refractivity contribution in [3.05, 3.63) is 95.8 Å². The maximum absolute atomic E-state index is 13.4. The number of piperidine rings is 1. The van der Waals surface area contributed by atoms with Crippen LogP contribution in [0.3, 0.4) is 0 Å². The first-order valence-corrected chi connectivity index (χ1v) is 12.9. The fraction of sp³-hybridized carbons (Fsp3) is 0.250. The Morgan fingerprint density at radius 2 is 1.68 bits per heavy atom. The third-order valence-corrected chi connectivity index (χ3v) is 7.58. The molecule has 0 saturated carbocycles. The third-order valence-electron chi connectivity index (χ3n) is 6.70. The Morgan fingerprint density at radius 3 is 2.42 bits per heavy atom. The highest BCUT2D eigenvalue weighted by Crippen LogP contribution is 2.35. The normalized spacial score (nSPS) is 15.4. The minimum Gasteiger partial charge on any atom is -0.389 e. The highest BCUT2D eigenvalue weighted by Gasteiger charge is 2.38. The molecule has 0 radical (unpaired) electrons. The van der Waals surface area contributed by atoms with Crippen molar-refractivity contribution >= 4 is 34.6 Å². The quantitative estimate of drug-likeness (QED) is 0.294. The number of likely N-dealkylation sites (tertiary alicyclic amines) is 1. The number of nitrogens with zero attached hydrogens (tertiary/aromatic N) is 3. The molecule has 4 aromatic rings. The van der Waals surface area contributed by atoms with Crippen molar-refractivity contribution in [3.63, 3.8) is 0 Å². The number of hydrogen-bond donors (Lipinski definition) is 2. The molecule has 0 bridgehead atoms. The maximum Gasteiger partial charge on any atom is 0.416 e. The molecule has 38 heavy (non-hydrogen) atoms. The molecule has 0 unspecified atom stereocenters. The van der Waals surface area contributed by atoms with Crippen LogP contribution >= 0.6 is 11.9 Å². The van der Waals surface area contributed by atoms with Gasteiger partial charge in [0.05, 0.1) is 21.6 Å². The monoisotopic (exact) mass is 538 g/mol. The summed E-state index contributed by atoms with van der Waals surface area (Å²) < 4.78 is 43.3. The van der Waals surface area contributed by atoms with E-state index in [1.54, 1.807) is 35.5 Å². The molecule has 2 N–H and O–H groups in total. The fourth-order valence-corrected chi connectivity index (χ4v) is 5.40. The first kappa shape index (κ1) is 26.0. The molecular weight excluding hydrogens is 513 g/mol. The van der Waals surface area contributed by atoms with E-state index in [0.29, 0.717) is 5.56 Å². The summed E-state index contributed by atoms with van der Waals surface area (Å²) in [6, 6.07) is 18.2.